The summed E-state index contributed by atoms with van der Waals surface area (Å²) >= 11 is 0. The van der Waals surface area contributed by atoms with Crippen LogP contribution in [0.3, 0.4) is 0 Å². The molecule has 0 spiro atoms. The van der Waals surface area contributed by atoms with E-state index in [0.29, 0.717) is 39.0 Å². The number of carbonyl (C=O) groups excluding carboxylic acids is 1. The number of rotatable bonds is 4. The minimum atomic E-state index is -4.32. The van der Waals surface area contributed by atoms with Crippen molar-refractivity contribution in [3.8, 4) is 0 Å². The van der Waals surface area contributed by atoms with Crippen molar-refractivity contribution in [2.75, 3.05) is 19.8 Å². The van der Waals surface area contributed by atoms with E-state index >= 15 is 0 Å². The average Bonchev–Trinajstić information content (AvgIpc) is 2.47. The molecule has 0 bridgehead atoms. The second-order valence-electron chi connectivity index (χ2n) is 5.87. The van der Waals surface area contributed by atoms with Crippen molar-refractivity contribution >= 4 is 5.91 Å². The zero-order valence-corrected chi connectivity index (χ0v) is 12.5. The lowest BCUT2D eigenvalue weighted by atomic mass is 9.81. The standard InChI is InChI=1S/C16H20F3NO2/c1-15(7-10-22-11-8-15)14(21)20-9-6-12-2-4-13(5-3-12)16(17,18)19/h2-5H,6-11H2,1H3,(H,20,21). The van der Waals surface area contributed by atoms with Crippen LogP contribution in [0.15, 0.2) is 24.3 Å². The highest BCUT2D eigenvalue weighted by atomic mass is 19.4. The Morgan fingerprint density at radius 2 is 1.82 bits per heavy atom. The van der Waals surface area contributed by atoms with E-state index in [-0.39, 0.29) is 5.91 Å². The van der Waals surface area contributed by atoms with Crippen LogP contribution in [0.4, 0.5) is 13.2 Å². The number of ether oxygens (including phenoxy) is 1. The maximum Gasteiger partial charge on any atom is 0.416 e. The maximum absolute atomic E-state index is 12.5. The van der Waals surface area contributed by atoms with Gasteiger partial charge in [0.15, 0.2) is 0 Å². The summed E-state index contributed by atoms with van der Waals surface area (Å²) in [5.74, 6) is -0.0114. The molecule has 0 radical (unpaired) electrons. The lowest BCUT2D eigenvalue weighted by Crippen LogP contribution is -2.43. The molecule has 1 fully saturated rings. The minimum absolute atomic E-state index is 0.0114. The summed E-state index contributed by atoms with van der Waals surface area (Å²) in [7, 11) is 0. The Labute approximate surface area is 127 Å². The molecule has 0 unspecified atom stereocenters. The Hall–Kier alpha value is -1.56. The first-order chi connectivity index (χ1) is 10.3. The molecule has 2 rings (SSSR count). The number of nitrogens with one attached hydrogen (secondary N) is 1. The second-order valence-corrected chi connectivity index (χ2v) is 5.87. The third kappa shape index (κ3) is 4.22. The summed E-state index contributed by atoms with van der Waals surface area (Å²) < 4.78 is 42.6. The third-order valence-corrected chi connectivity index (χ3v) is 4.13. The molecule has 22 heavy (non-hydrogen) atoms. The van der Waals surface area contributed by atoms with Crippen molar-refractivity contribution in [3.05, 3.63) is 35.4 Å². The van der Waals surface area contributed by atoms with E-state index in [4.69, 9.17) is 4.74 Å². The molecule has 1 aromatic carbocycles. The van der Waals surface area contributed by atoms with Gasteiger partial charge in [-0.25, -0.2) is 0 Å². The van der Waals surface area contributed by atoms with Crippen LogP contribution in [0.25, 0.3) is 0 Å². The molecule has 0 atom stereocenters. The van der Waals surface area contributed by atoms with Crippen LogP contribution in [-0.2, 0) is 22.1 Å². The summed E-state index contributed by atoms with van der Waals surface area (Å²) in [5, 5.41) is 2.87. The number of halogens is 3. The van der Waals surface area contributed by atoms with Gasteiger partial charge in [-0.15, -0.1) is 0 Å². The van der Waals surface area contributed by atoms with Gasteiger partial charge in [-0.05, 0) is 37.0 Å². The minimum Gasteiger partial charge on any atom is -0.381 e. The fourth-order valence-electron chi connectivity index (χ4n) is 2.44. The summed E-state index contributed by atoms with van der Waals surface area (Å²) in [6.07, 6.45) is -2.42. The van der Waals surface area contributed by atoms with Gasteiger partial charge in [0.1, 0.15) is 0 Å². The van der Waals surface area contributed by atoms with Crippen LogP contribution >= 0.6 is 0 Å². The van der Waals surface area contributed by atoms with Crippen LogP contribution in [0.5, 0.6) is 0 Å². The molecule has 3 nitrogen and oxygen atoms in total. The molecule has 1 aromatic rings. The molecular weight excluding hydrogens is 295 g/mol. The Morgan fingerprint density at radius 3 is 2.36 bits per heavy atom. The van der Waals surface area contributed by atoms with E-state index in [9.17, 15) is 18.0 Å². The molecule has 1 amide bonds. The first kappa shape index (κ1) is 16.8. The zero-order chi connectivity index (χ0) is 16.2. The Balaban J connectivity index is 1.82. The number of benzene rings is 1. The SMILES string of the molecule is CC1(C(=O)NCCc2ccc(C(F)(F)F)cc2)CCOCC1. The monoisotopic (exact) mass is 315 g/mol. The van der Waals surface area contributed by atoms with Crippen LogP contribution in [-0.4, -0.2) is 25.7 Å². The van der Waals surface area contributed by atoms with Crippen molar-refractivity contribution in [1.29, 1.82) is 0 Å². The average molecular weight is 315 g/mol. The Morgan fingerprint density at radius 1 is 1.23 bits per heavy atom. The number of alkyl halides is 3. The van der Waals surface area contributed by atoms with E-state index in [0.717, 1.165) is 17.7 Å². The van der Waals surface area contributed by atoms with Crippen LogP contribution < -0.4 is 5.32 Å². The van der Waals surface area contributed by atoms with Gasteiger partial charge in [0, 0.05) is 19.8 Å². The van der Waals surface area contributed by atoms with Crippen LogP contribution in [0.1, 0.15) is 30.9 Å². The largest absolute Gasteiger partial charge is 0.416 e. The fourth-order valence-corrected chi connectivity index (χ4v) is 2.44. The normalized spacial score (nSPS) is 18.0. The van der Waals surface area contributed by atoms with Crippen molar-refractivity contribution < 1.29 is 22.7 Å². The highest BCUT2D eigenvalue weighted by Gasteiger charge is 2.34. The van der Waals surface area contributed by atoms with Gasteiger partial charge in [-0.1, -0.05) is 19.1 Å². The van der Waals surface area contributed by atoms with E-state index in [1.165, 1.54) is 12.1 Å². The zero-order valence-electron chi connectivity index (χ0n) is 12.5. The van der Waals surface area contributed by atoms with Crippen LogP contribution in [0, 0.1) is 5.41 Å². The number of carbonyl (C=O) groups is 1. The van der Waals surface area contributed by atoms with Crippen molar-refractivity contribution in [3.63, 3.8) is 0 Å². The van der Waals surface area contributed by atoms with Gasteiger partial charge >= 0.3 is 6.18 Å². The molecule has 0 aliphatic carbocycles. The number of amides is 1. The molecule has 122 valence electrons. The number of hydrogen-bond acceptors (Lipinski definition) is 2. The summed E-state index contributed by atoms with van der Waals surface area (Å²) in [5.41, 5.74) is -0.293. The van der Waals surface area contributed by atoms with Gasteiger partial charge in [-0.3, -0.25) is 4.79 Å². The van der Waals surface area contributed by atoms with Gasteiger partial charge in [0.2, 0.25) is 5.91 Å². The van der Waals surface area contributed by atoms with Gasteiger partial charge < -0.3 is 10.1 Å². The molecule has 1 heterocycles. The number of hydrogen-bond donors (Lipinski definition) is 1. The quantitative estimate of drug-likeness (QED) is 0.927. The first-order valence-corrected chi connectivity index (χ1v) is 7.33. The lowest BCUT2D eigenvalue weighted by molar-refractivity contribution is -0.137. The van der Waals surface area contributed by atoms with E-state index in [1.807, 2.05) is 6.92 Å². The van der Waals surface area contributed by atoms with Crippen molar-refractivity contribution in [2.45, 2.75) is 32.4 Å². The lowest BCUT2D eigenvalue weighted by Gasteiger charge is -2.32. The smallest absolute Gasteiger partial charge is 0.381 e. The molecule has 1 N–H and O–H groups in total. The first-order valence-electron chi connectivity index (χ1n) is 7.33. The highest BCUT2D eigenvalue weighted by Crippen LogP contribution is 2.30. The van der Waals surface area contributed by atoms with Crippen molar-refractivity contribution in [2.24, 2.45) is 5.41 Å². The summed E-state index contributed by atoms with van der Waals surface area (Å²) in [6.45, 7) is 3.51. The predicted octanol–water partition coefficient (Wildman–Crippen LogP) is 3.18. The fraction of sp³-hybridized carbons (Fsp3) is 0.562. The second kappa shape index (κ2) is 6.69. The summed E-state index contributed by atoms with van der Waals surface area (Å²) in [4.78, 5) is 12.2. The maximum atomic E-state index is 12.5. The van der Waals surface area contributed by atoms with E-state index in [1.54, 1.807) is 0 Å². The predicted molar refractivity (Wildman–Crippen MR) is 76.3 cm³/mol. The van der Waals surface area contributed by atoms with E-state index in [2.05, 4.69) is 5.32 Å². The van der Waals surface area contributed by atoms with Gasteiger partial charge in [-0.2, -0.15) is 13.2 Å². The third-order valence-electron chi connectivity index (χ3n) is 4.13. The molecular formula is C16H20F3NO2. The highest BCUT2D eigenvalue weighted by molar-refractivity contribution is 5.82. The Bertz CT molecular complexity index is 505. The Kier molecular flexibility index (Phi) is 5.11. The molecule has 1 saturated heterocycles. The molecule has 1 aliphatic rings. The van der Waals surface area contributed by atoms with Gasteiger partial charge in [0.25, 0.3) is 0 Å². The molecule has 6 heteroatoms. The topological polar surface area (TPSA) is 38.3 Å². The van der Waals surface area contributed by atoms with E-state index < -0.39 is 17.2 Å². The van der Waals surface area contributed by atoms with Crippen molar-refractivity contribution in [1.82, 2.24) is 5.32 Å². The summed E-state index contributed by atoms with van der Waals surface area (Å²) in [6, 6.07) is 5.03. The molecule has 0 aromatic heterocycles. The molecule has 1 aliphatic heterocycles. The van der Waals surface area contributed by atoms with Crippen LogP contribution in [0.2, 0.25) is 0 Å². The molecule has 0 saturated carbocycles. The van der Waals surface area contributed by atoms with Gasteiger partial charge in [0.05, 0.1) is 11.0 Å².